The number of ether oxygens (including phenoxy) is 2. The van der Waals surface area contributed by atoms with Gasteiger partial charge in [0.05, 0.1) is 7.11 Å². The lowest BCUT2D eigenvalue weighted by Gasteiger charge is -2.31. The van der Waals surface area contributed by atoms with Crippen LogP contribution in [0.5, 0.6) is 11.5 Å². The van der Waals surface area contributed by atoms with Crippen molar-refractivity contribution >= 4 is 21.6 Å². The van der Waals surface area contributed by atoms with Crippen LogP contribution in [0.4, 0.5) is 5.69 Å². The van der Waals surface area contributed by atoms with Crippen LogP contribution in [0.3, 0.4) is 0 Å². The summed E-state index contributed by atoms with van der Waals surface area (Å²) in [5.41, 5.74) is 2.61. The minimum absolute atomic E-state index is 0.104. The van der Waals surface area contributed by atoms with Crippen molar-refractivity contribution in [2.75, 3.05) is 25.5 Å². The van der Waals surface area contributed by atoms with E-state index in [1.807, 2.05) is 67.6 Å². The average Bonchev–Trinajstić information content (AvgIpc) is 2.89. The van der Waals surface area contributed by atoms with Crippen molar-refractivity contribution in [1.82, 2.24) is 4.31 Å². The normalized spacial score (nSPS) is 14.9. The van der Waals surface area contributed by atoms with E-state index >= 15 is 0 Å². The molecule has 0 saturated carbocycles. The van der Waals surface area contributed by atoms with Crippen molar-refractivity contribution in [3.05, 3.63) is 83.9 Å². The molecule has 1 aliphatic rings. The van der Waals surface area contributed by atoms with Crippen LogP contribution >= 0.6 is 0 Å². The van der Waals surface area contributed by atoms with Gasteiger partial charge in [0.25, 0.3) is 0 Å². The molecule has 1 saturated heterocycles. The zero-order chi connectivity index (χ0) is 24.8. The minimum Gasteiger partial charge on any atom is -0.495 e. The Kier molecular flexibility index (Phi) is 7.73. The van der Waals surface area contributed by atoms with Gasteiger partial charge in [0.2, 0.25) is 15.9 Å². The third-order valence-corrected chi connectivity index (χ3v) is 8.05. The fourth-order valence-electron chi connectivity index (χ4n) is 4.10. The maximum Gasteiger partial charge on any atom is 0.246 e. The van der Waals surface area contributed by atoms with Crippen LogP contribution in [-0.2, 0) is 21.4 Å². The second-order valence-corrected chi connectivity index (χ2v) is 10.5. The molecule has 0 atom stereocenters. The average molecular weight is 495 g/mol. The molecule has 35 heavy (non-hydrogen) atoms. The van der Waals surface area contributed by atoms with E-state index in [0.29, 0.717) is 30.9 Å². The van der Waals surface area contributed by atoms with Crippen molar-refractivity contribution in [3.8, 4) is 11.5 Å². The number of amides is 1. The number of aryl methyl sites for hydroxylation is 1. The molecule has 1 heterocycles. The van der Waals surface area contributed by atoms with Crippen LogP contribution < -0.4 is 14.8 Å². The van der Waals surface area contributed by atoms with Crippen molar-refractivity contribution in [1.29, 1.82) is 0 Å². The minimum atomic E-state index is -3.70. The summed E-state index contributed by atoms with van der Waals surface area (Å²) in [6.45, 7) is 2.88. The van der Waals surface area contributed by atoms with Gasteiger partial charge in [-0.2, -0.15) is 4.31 Å². The predicted octanol–water partition coefficient (Wildman–Crippen LogP) is 4.62. The first-order valence-corrected chi connectivity index (χ1v) is 13.0. The number of piperidine rings is 1. The SMILES string of the molecule is COc1ccc(C)cc1S(=O)(=O)N1CCC(C(=O)Nc2ccc(OCc3ccccc3)cc2)CC1. The van der Waals surface area contributed by atoms with Crippen molar-refractivity contribution in [2.45, 2.75) is 31.3 Å². The van der Waals surface area contributed by atoms with Gasteiger partial charge in [-0.1, -0.05) is 36.4 Å². The number of nitrogens with one attached hydrogen (secondary N) is 1. The van der Waals surface area contributed by atoms with Gasteiger partial charge in [0.15, 0.2) is 0 Å². The standard InChI is InChI=1S/C27H30N2O5S/c1-20-8-13-25(33-2)26(18-20)35(31,32)29-16-14-22(15-17-29)27(30)28-23-9-11-24(12-10-23)34-19-21-6-4-3-5-7-21/h3-13,18,22H,14-17,19H2,1-2H3,(H,28,30). The molecule has 184 valence electrons. The fraction of sp³-hybridized carbons (Fsp3) is 0.296. The van der Waals surface area contributed by atoms with Crippen molar-refractivity contribution in [3.63, 3.8) is 0 Å². The van der Waals surface area contributed by atoms with E-state index in [-0.39, 0.29) is 29.8 Å². The Hall–Kier alpha value is -3.36. The summed E-state index contributed by atoms with van der Waals surface area (Å²) in [7, 11) is -2.24. The maximum atomic E-state index is 13.2. The highest BCUT2D eigenvalue weighted by molar-refractivity contribution is 7.89. The molecule has 3 aromatic rings. The Bertz CT molecular complexity index is 1250. The number of nitrogens with zero attached hydrogens (tertiary/aromatic N) is 1. The van der Waals surface area contributed by atoms with Crippen LogP contribution in [0.1, 0.15) is 24.0 Å². The summed E-state index contributed by atoms with van der Waals surface area (Å²) in [6, 6.07) is 22.3. The number of rotatable bonds is 8. The van der Waals surface area contributed by atoms with Crippen LogP contribution in [0, 0.1) is 12.8 Å². The molecule has 0 aromatic heterocycles. The number of anilines is 1. The first-order chi connectivity index (χ1) is 16.9. The molecule has 1 N–H and O–H groups in total. The molecule has 1 amide bonds. The smallest absolute Gasteiger partial charge is 0.246 e. The number of sulfonamides is 1. The number of hydrogen-bond acceptors (Lipinski definition) is 5. The molecule has 3 aromatic carbocycles. The van der Waals surface area contributed by atoms with E-state index < -0.39 is 10.0 Å². The molecule has 0 spiro atoms. The Labute approximate surface area is 206 Å². The summed E-state index contributed by atoms with van der Waals surface area (Å²) in [5, 5.41) is 2.94. The first-order valence-electron chi connectivity index (χ1n) is 11.6. The summed E-state index contributed by atoms with van der Waals surface area (Å²) < 4.78 is 38.9. The molecule has 7 nitrogen and oxygen atoms in total. The Balaban J connectivity index is 1.31. The number of carbonyl (C=O) groups is 1. The summed E-state index contributed by atoms with van der Waals surface area (Å²) >= 11 is 0. The Morgan fingerprint density at radius 2 is 1.69 bits per heavy atom. The highest BCUT2D eigenvalue weighted by Crippen LogP contribution is 2.31. The van der Waals surface area contributed by atoms with Crippen LogP contribution in [0.25, 0.3) is 0 Å². The fourth-order valence-corrected chi connectivity index (χ4v) is 5.81. The third kappa shape index (κ3) is 6.01. The van der Waals surface area contributed by atoms with Crippen molar-refractivity contribution < 1.29 is 22.7 Å². The van der Waals surface area contributed by atoms with Gasteiger partial charge < -0.3 is 14.8 Å². The van der Waals surface area contributed by atoms with Crippen LogP contribution in [0.15, 0.2) is 77.7 Å². The molecule has 1 fully saturated rings. The summed E-state index contributed by atoms with van der Waals surface area (Å²) in [4.78, 5) is 13.0. The molecular formula is C27H30N2O5S. The molecule has 4 rings (SSSR count). The molecule has 0 radical (unpaired) electrons. The van der Waals surface area contributed by atoms with Crippen LogP contribution in [0.2, 0.25) is 0 Å². The van der Waals surface area contributed by atoms with E-state index in [4.69, 9.17) is 9.47 Å². The van der Waals surface area contributed by atoms with Gasteiger partial charge in [-0.15, -0.1) is 0 Å². The van der Waals surface area contributed by atoms with E-state index in [0.717, 1.165) is 16.9 Å². The number of benzene rings is 3. The maximum absolute atomic E-state index is 13.2. The van der Waals surface area contributed by atoms with Gasteiger partial charge in [0, 0.05) is 24.7 Å². The molecule has 0 unspecified atom stereocenters. The second kappa shape index (κ2) is 10.9. The molecule has 1 aliphatic heterocycles. The van der Waals surface area contributed by atoms with Gasteiger partial charge in [0.1, 0.15) is 23.0 Å². The molecular weight excluding hydrogens is 464 g/mol. The van der Waals surface area contributed by atoms with Crippen molar-refractivity contribution in [2.24, 2.45) is 5.92 Å². The van der Waals surface area contributed by atoms with Gasteiger partial charge in [-0.25, -0.2) is 8.42 Å². The first kappa shape index (κ1) is 24.8. The van der Waals surface area contributed by atoms with Gasteiger partial charge in [-0.3, -0.25) is 4.79 Å². The Morgan fingerprint density at radius 3 is 2.34 bits per heavy atom. The highest BCUT2D eigenvalue weighted by atomic mass is 32.2. The van der Waals surface area contributed by atoms with Crippen LogP contribution in [-0.4, -0.2) is 38.8 Å². The van der Waals surface area contributed by atoms with E-state index in [9.17, 15) is 13.2 Å². The molecule has 0 bridgehead atoms. The predicted molar refractivity (Wildman–Crippen MR) is 135 cm³/mol. The third-order valence-electron chi connectivity index (χ3n) is 6.13. The lowest BCUT2D eigenvalue weighted by molar-refractivity contribution is -0.120. The Morgan fingerprint density at radius 1 is 1.00 bits per heavy atom. The topological polar surface area (TPSA) is 84.9 Å². The quantitative estimate of drug-likeness (QED) is 0.494. The highest BCUT2D eigenvalue weighted by Gasteiger charge is 2.33. The molecule has 8 heteroatoms. The number of hydrogen-bond donors (Lipinski definition) is 1. The number of methoxy groups -OCH3 is 1. The van der Waals surface area contributed by atoms with Gasteiger partial charge in [-0.05, 0) is 67.3 Å². The summed E-state index contributed by atoms with van der Waals surface area (Å²) in [5.74, 6) is 0.687. The van der Waals surface area contributed by atoms with E-state index in [1.165, 1.54) is 11.4 Å². The monoisotopic (exact) mass is 494 g/mol. The van der Waals surface area contributed by atoms with Gasteiger partial charge >= 0.3 is 0 Å². The zero-order valence-electron chi connectivity index (χ0n) is 19.9. The summed E-state index contributed by atoms with van der Waals surface area (Å²) in [6.07, 6.45) is 0.912. The van der Waals surface area contributed by atoms with E-state index in [1.54, 1.807) is 12.1 Å². The zero-order valence-corrected chi connectivity index (χ0v) is 20.8. The lowest BCUT2D eigenvalue weighted by atomic mass is 9.97. The molecule has 0 aliphatic carbocycles. The number of carbonyl (C=O) groups excluding carboxylic acids is 1. The van der Waals surface area contributed by atoms with E-state index in [2.05, 4.69) is 5.32 Å². The largest absolute Gasteiger partial charge is 0.495 e. The lowest BCUT2D eigenvalue weighted by Crippen LogP contribution is -2.41. The second-order valence-electron chi connectivity index (χ2n) is 8.62.